The minimum Gasteiger partial charge on any atom is -0.456 e. The van der Waals surface area contributed by atoms with Gasteiger partial charge in [0, 0.05) is 11.1 Å². The zero-order valence-electron chi connectivity index (χ0n) is 12.8. The van der Waals surface area contributed by atoms with E-state index in [2.05, 4.69) is 29.9 Å². The number of rotatable bonds is 1. The molecule has 0 atom stereocenters. The van der Waals surface area contributed by atoms with Gasteiger partial charge in [-0.15, -0.1) is 0 Å². The van der Waals surface area contributed by atoms with E-state index in [1.54, 1.807) is 0 Å². The quantitative estimate of drug-likeness (QED) is 0.423. The number of aliphatic imine (C=N–C) groups is 1. The highest BCUT2D eigenvalue weighted by atomic mass is 16.5. The van der Waals surface area contributed by atoms with Crippen LogP contribution >= 0.6 is 0 Å². The topological polar surface area (TPSA) is 21.6 Å². The van der Waals surface area contributed by atoms with Gasteiger partial charge in [0.05, 0.1) is 11.3 Å². The Balaban J connectivity index is 1.90. The van der Waals surface area contributed by atoms with Gasteiger partial charge in [-0.2, -0.15) is 0 Å². The van der Waals surface area contributed by atoms with E-state index in [4.69, 9.17) is 4.74 Å². The van der Waals surface area contributed by atoms with Crippen LogP contribution < -0.4 is 4.74 Å². The lowest BCUT2D eigenvalue weighted by molar-refractivity contribution is 0.474. The van der Waals surface area contributed by atoms with Gasteiger partial charge in [0.15, 0.2) is 0 Å². The minimum atomic E-state index is 0.841. The Labute approximate surface area is 135 Å². The predicted molar refractivity (Wildman–Crippen MR) is 93.7 cm³/mol. The Kier molecular flexibility index (Phi) is 3.30. The van der Waals surface area contributed by atoms with E-state index < -0.39 is 0 Å². The number of hydrogen-bond donors (Lipinski definition) is 0. The van der Waals surface area contributed by atoms with Crippen molar-refractivity contribution >= 4 is 17.1 Å². The number of benzene rings is 3. The standard InChI is InChI=1S/C21H15NO/c1-15-10-12-16(13-11-15)22-14-19-17-6-2-4-8-20(17)23-21-9-5-3-7-18(19)21/h2-13H,1H3. The van der Waals surface area contributed by atoms with Gasteiger partial charge in [0.1, 0.15) is 11.5 Å². The fourth-order valence-corrected chi connectivity index (χ4v) is 2.65. The van der Waals surface area contributed by atoms with Gasteiger partial charge in [-0.05, 0) is 49.2 Å². The molecule has 110 valence electrons. The highest BCUT2D eigenvalue weighted by Gasteiger charge is 2.21. The van der Waals surface area contributed by atoms with E-state index in [0.717, 1.165) is 33.9 Å². The van der Waals surface area contributed by atoms with Crippen LogP contribution in [-0.2, 0) is 0 Å². The Morgan fingerprint density at radius 2 is 1.30 bits per heavy atom. The van der Waals surface area contributed by atoms with E-state index in [9.17, 15) is 0 Å². The fraction of sp³-hybridized carbons (Fsp3) is 0.0476. The average molecular weight is 297 g/mol. The van der Waals surface area contributed by atoms with Gasteiger partial charge in [-0.3, -0.25) is 0 Å². The van der Waals surface area contributed by atoms with Crippen molar-refractivity contribution in [2.45, 2.75) is 6.92 Å². The first-order valence-electron chi connectivity index (χ1n) is 7.58. The van der Waals surface area contributed by atoms with Crippen LogP contribution in [0.4, 0.5) is 5.69 Å². The summed E-state index contributed by atoms with van der Waals surface area (Å²) in [6, 6.07) is 24.1. The molecule has 3 aromatic carbocycles. The molecule has 0 fully saturated rings. The van der Waals surface area contributed by atoms with E-state index >= 15 is 0 Å². The molecule has 3 aromatic rings. The summed E-state index contributed by atoms with van der Waals surface area (Å²) >= 11 is 0. The van der Waals surface area contributed by atoms with Crippen LogP contribution in [0.15, 0.2) is 77.8 Å². The maximum Gasteiger partial charge on any atom is 0.135 e. The molecule has 2 heteroatoms. The van der Waals surface area contributed by atoms with Gasteiger partial charge >= 0.3 is 0 Å². The molecule has 2 nitrogen and oxygen atoms in total. The SMILES string of the molecule is Cc1ccc(N=C=C2c3ccccc3Oc3ccccc32)cc1. The smallest absolute Gasteiger partial charge is 0.135 e. The Morgan fingerprint density at radius 3 is 1.91 bits per heavy atom. The third kappa shape index (κ3) is 2.57. The van der Waals surface area contributed by atoms with Crippen molar-refractivity contribution in [3.8, 4) is 11.5 Å². The first-order valence-corrected chi connectivity index (χ1v) is 7.58. The maximum atomic E-state index is 5.97. The summed E-state index contributed by atoms with van der Waals surface area (Å²) in [6.07, 6.45) is 0. The molecule has 1 aliphatic heterocycles. The predicted octanol–water partition coefficient (Wildman–Crippen LogP) is 5.53. The summed E-state index contributed by atoms with van der Waals surface area (Å²) in [5.41, 5.74) is 5.11. The second kappa shape index (κ2) is 5.60. The molecule has 0 radical (unpaired) electrons. The molecule has 1 aliphatic rings. The van der Waals surface area contributed by atoms with Crippen LogP contribution in [0.25, 0.3) is 5.57 Å². The Bertz CT molecular complexity index is 885. The van der Waals surface area contributed by atoms with Crippen LogP contribution in [0, 0.1) is 6.92 Å². The molecule has 0 aromatic heterocycles. The first kappa shape index (κ1) is 13.6. The summed E-state index contributed by atoms with van der Waals surface area (Å²) in [7, 11) is 0. The van der Waals surface area contributed by atoms with Crippen molar-refractivity contribution in [3.05, 3.63) is 89.5 Å². The lowest BCUT2D eigenvalue weighted by atomic mass is 9.95. The average Bonchev–Trinajstić information content (AvgIpc) is 2.60. The number of para-hydroxylation sites is 2. The summed E-state index contributed by atoms with van der Waals surface area (Å²) in [5.74, 6) is 4.91. The minimum absolute atomic E-state index is 0.841. The number of nitrogens with zero attached hydrogens (tertiary/aromatic N) is 1. The van der Waals surface area contributed by atoms with Crippen molar-refractivity contribution in [3.63, 3.8) is 0 Å². The molecular formula is C21H15NO. The third-order valence-corrected chi connectivity index (χ3v) is 3.86. The Morgan fingerprint density at radius 1 is 0.739 bits per heavy atom. The zero-order chi connectivity index (χ0) is 15.6. The molecule has 0 aliphatic carbocycles. The summed E-state index contributed by atoms with van der Waals surface area (Å²) < 4.78 is 5.97. The maximum absolute atomic E-state index is 5.97. The van der Waals surface area contributed by atoms with Gasteiger partial charge < -0.3 is 4.74 Å². The second-order valence-electron chi connectivity index (χ2n) is 5.53. The number of aryl methyl sites for hydroxylation is 1. The largest absolute Gasteiger partial charge is 0.456 e. The molecule has 0 saturated heterocycles. The van der Waals surface area contributed by atoms with Crippen molar-refractivity contribution in [1.29, 1.82) is 0 Å². The second-order valence-corrected chi connectivity index (χ2v) is 5.53. The zero-order valence-corrected chi connectivity index (χ0v) is 12.8. The summed E-state index contributed by atoms with van der Waals surface area (Å²) in [5, 5.41) is 0. The highest BCUT2D eigenvalue weighted by molar-refractivity contribution is 6.03. The van der Waals surface area contributed by atoms with Gasteiger partial charge in [0.2, 0.25) is 0 Å². The monoisotopic (exact) mass is 297 g/mol. The molecule has 0 bridgehead atoms. The van der Waals surface area contributed by atoms with Crippen LogP contribution in [0.5, 0.6) is 11.5 Å². The molecule has 0 saturated carbocycles. The van der Waals surface area contributed by atoms with Gasteiger partial charge in [0.25, 0.3) is 0 Å². The van der Waals surface area contributed by atoms with Gasteiger partial charge in [-0.1, -0.05) is 42.0 Å². The van der Waals surface area contributed by atoms with Crippen LogP contribution in [0.1, 0.15) is 16.7 Å². The van der Waals surface area contributed by atoms with Crippen LogP contribution in [0.3, 0.4) is 0 Å². The molecule has 23 heavy (non-hydrogen) atoms. The molecule has 0 unspecified atom stereocenters. The Hall–Kier alpha value is -3.09. The van der Waals surface area contributed by atoms with Crippen LogP contribution in [-0.4, -0.2) is 5.87 Å². The summed E-state index contributed by atoms with van der Waals surface area (Å²) in [4.78, 5) is 4.53. The molecule has 0 amide bonds. The van der Waals surface area contributed by atoms with E-state index in [1.165, 1.54) is 5.56 Å². The van der Waals surface area contributed by atoms with Crippen molar-refractivity contribution < 1.29 is 4.74 Å². The molecule has 0 N–H and O–H groups in total. The van der Waals surface area contributed by atoms with Crippen molar-refractivity contribution in [2.75, 3.05) is 0 Å². The van der Waals surface area contributed by atoms with Gasteiger partial charge in [-0.25, -0.2) is 4.99 Å². The molecule has 1 heterocycles. The number of hydrogen-bond acceptors (Lipinski definition) is 2. The van der Waals surface area contributed by atoms with Crippen molar-refractivity contribution in [2.24, 2.45) is 4.99 Å². The molecular weight excluding hydrogens is 282 g/mol. The van der Waals surface area contributed by atoms with Crippen molar-refractivity contribution in [1.82, 2.24) is 0 Å². The van der Waals surface area contributed by atoms with E-state index in [-0.39, 0.29) is 0 Å². The lowest BCUT2D eigenvalue weighted by Gasteiger charge is -2.20. The first-order chi connectivity index (χ1) is 11.3. The van der Waals surface area contributed by atoms with E-state index in [0.29, 0.717) is 0 Å². The lowest BCUT2D eigenvalue weighted by Crippen LogP contribution is -2.02. The third-order valence-electron chi connectivity index (χ3n) is 3.86. The molecule has 4 rings (SSSR count). The normalized spacial score (nSPS) is 11.8. The number of fused-ring (bicyclic) bond motifs is 2. The van der Waals surface area contributed by atoms with E-state index in [1.807, 2.05) is 60.7 Å². The molecule has 0 spiro atoms. The fourth-order valence-electron chi connectivity index (χ4n) is 2.65. The number of ether oxygens (including phenoxy) is 1. The summed E-state index contributed by atoms with van der Waals surface area (Å²) in [6.45, 7) is 2.07. The van der Waals surface area contributed by atoms with Crippen LogP contribution in [0.2, 0.25) is 0 Å². The highest BCUT2D eigenvalue weighted by Crippen LogP contribution is 2.41.